The maximum atomic E-state index is 5.77. The van der Waals surface area contributed by atoms with Crippen molar-refractivity contribution in [2.45, 2.75) is 52.4 Å². The van der Waals surface area contributed by atoms with Gasteiger partial charge in [0.2, 0.25) is 0 Å². The molecule has 2 rings (SSSR count). The Morgan fingerprint density at radius 3 is 2.67 bits per heavy atom. The lowest BCUT2D eigenvalue weighted by Crippen LogP contribution is -2.45. The van der Waals surface area contributed by atoms with Gasteiger partial charge in [-0.25, -0.2) is 0 Å². The monoisotopic (exact) mass is 290 g/mol. The van der Waals surface area contributed by atoms with Crippen LogP contribution in [-0.2, 0) is 11.3 Å². The molecule has 0 radical (unpaired) electrons. The van der Waals surface area contributed by atoms with Gasteiger partial charge in [-0.2, -0.15) is 0 Å². The molecule has 1 N–H and O–H groups in total. The molecule has 1 aliphatic rings. The Kier molecular flexibility index (Phi) is 6.68. The number of nitrogens with one attached hydrogen (secondary N) is 1. The van der Waals surface area contributed by atoms with Crippen molar-refractivity contribution in [3.63, 3.8) is 0 Å². The third-order valence-electron chi connectivity index (χ3n) is 3.98. The van der Waals surface area contributed by atoms with Gasteiger partial charge in [-0.3, -0.25) is 4.90 Å². The van der Waals surface area contributed by atoms with Crippen LogP contribution in [-0.4, -0.2) is 43.3 Å². The quantitative estimate of drug-likeness (QED) is 0.781. The molecular weight excluding hydrogens is 260 g/mol. The molecule has 0 amide bonds. The van der Waals surface area contributed by atoms with E-state index in [-0.39, 0.29) is 0 Å². The van der Waals surface area contributed by atoms with Gasteiger partial charge in [-0.1, -0.05) is 29.8 Å². The third kappa shape index (κ3) is 6.16. The van der Waals surface area contributed by atoms with Gasteiger partial charge in [0.1, 0.15) is 0 Å². The summed E-state index contributed by atoms with van der Waals surface area (Å²) in [5, 5.41) is 3.54. The summed E-state index contributed by atoms with van der Waals surface area (Å²) in [4.78, 5) is 2.54. The van der Waals surface area contributed by atoms with Crippen LogP contribution in [0.25, 0.3) is 0 Å². The fourth-order valence-electron chi connectivity index (χ4n) is 3.11. The Balaban J connectivity index is 1.54. The van der Waals surface area contributed by atoms with Crippen molar-refractivity contribution < 1.29 is 4.74 Å². The average Bonchev–Trinajstić information content (AvgIpc) is 2.42. The summed E-state index contributed by atoms with van der Waals surface area (Å²) in [6.45, 7) is 11.9. The molecule has 0 aromatic heterocycles. The van der Waals surface area contributed by atoms with Crippen molar-refractivity contribution >= 4 is 0 Å². The molecule has 21 heavy (non-hydrogen) atoms. The van der Waals surface area contributed by atoms with Crippen LogP contribution in [0.4, 0.5) is 0 Å². The van der Waals surface area contributed by atoms with E-state index in [2.05, 4.69) is 55.3 Å². The number of nitrogens with zero attached hydrogens (tertiary/aromatic N) is 1. The zero-order chi connectivity index (χ0) is 15.1. The van der Waals surface area contributed by atoms with Gasteiger partial charge >= 0.3 is 0 Å². The Hall–Kier alpha value is -0.900. The smallest absolute Gasteiger partial charge is 0.0678 e. The maximum absolute atomic E-state index is 5.77. The second-order valence-corrected chi connectivity index (χ2v) is 6.39. The Morgan fingerprint density at radius 2 is 1.95 bits per heavy atom. The Morgan fingerprint density at radius 1 is 1.19 bits per heavy atom. The summed E-state index contributed by atoms with van der Waals surface area (Å²) < 4.78 is 5.77. The average molecular weight is 290 g/mol. The molecule has 2 unspecified atom stereocenters. The van der Waals surface area contributed by atoms with Crippen LogP contribution in [0.2, 0.25) is 0 Å². The standard InChI is InChI=1S/C18H30N2O/c1-15-7-6-8-18(11-15)12-19-9-4-5-10-20-13-16(2)21-17(3)14-20/h6-8,11,16-17,19H,4-5,9-10,12-14H2,1-3H3. The predicted octanol–water partition coefficient (Wildman–Crippen LogP) is 2.97. The van der Waals surface area contributed by atoms with Gasteiger partial charge in [-0.05, 0) is 52.3 Å². The summed E-state index contributed by atoms with van der Waals surface area (Å²) in [7, 11) is 0. The van der Waals surface area contributed by atoms with Gasteiger partial charge < -0.3 is 10.1 Å². The second-order valence-electron chi connectivity index (χ2n) is 6.39. The molecule has 118 valence electrons. The number of benzene rings is 1. The third-order valence-corrected chi connectivity index (χ3v) is 3.98. The van der Waals surface area contributed by atoms with E-state index in [1.54, 1.807) is 0 Å². The van der Waals surface area contributed by atoms with E-state index in [9.17, 15) is 0 Å². The van der Waals surface area contributed by atoms with Crippen LogP contribution in [0.15, 0.2) is 24.3 Å². The first-order valence-electron chi connectivity index (χ1n) is 8.27. The Labute approximate surface area is 129 Å². The highest BCUT2D eigenvalue weighted by Crippen LogP contribution is 2.11. The van der Waals surface area contributed by atoms with E-state index >= 15 is 0 Å². The lowest BCUT2D eigenvalue weighted by molar-refractivity contribution is -0.0681. The number of unbranched alkanes of at least 4 members (excludes halogenated alkanes) is 1. The minimum atomic E-state index is 0.383. The highest BCUT2D eigenvalue weighted by Gasteiger charge is 2.21. The molecule has 3 nitrogen and oxygen atoms in total. The Bertz CT molecular complexity index is 411. The minimum Gasteiger partial charge on any atom is -0.373 e. The largest absolute Gasteiger partial charge is 0.373 e. The lowest BCUT2D eigenvalue weighted by atomic mass is 10.1. The van der Waals surface area contributed by atoms with Crippen molar-refractivity contribution in [3.05, 3.63) is 35.4 Å². The van der Waals surface area contributed by atoms with Gasteiger partial charge in [-0.15, -0.1) is 0 Å². The van der Waals surface area contributed by atoms with E-state index < -0.39 is 0 Å². The van der Waals surface area contributed by atoms with Gasteiger partial charge in [0.15, 0.2) is 0 Å². The number of rotatable bonds is 7. The zero-order valence-electron chi connectivity index (χ0n) is 13.8. The van der Waals surface area contributed by atoms with Crippen LogP contribution in [0.5, 0.6) is 0 Å². The number of ether oxygens (including phenoxy) is 1. The molecule has 1 aliphatic heterocycles. The summed E-state index contributed by atoms with van der Waals surface area (Å²) in [6, 6.07) is 8.72. The predicted molar refractivity (Wildman–Crippen MR) is 88.6 cm³/mol. The summed E-state index contributed by atoms with van der Waals surface area (Å²) in [5.74, 6) is 0. The second kappa shape index (κ2) is 8.52. The first kappa shape index (κ1) is 16.5. The van der Waals surface area contributed by atoms with Crippen LogP contribution in [0.3, 0.4) is 0 Å². The van der Waals surface area contributed by atoms with Crippen molar-refractivity contribution in [2.24, 2.45) is 0 Å². The number of hydrogen-bond donors (Lipinski definition) is 1. The molecular formula is C18H30N2O. The molecule has 3 heteroatoms. The SMILES string of the molecule is Cc1cccc(CNCCCCN2CC(C)OC(C)C2)c1. The number of morpholine rings is 1. The molecule has 1 aromatic rings. The lowest BCUT2D eigenvalue weighted by Gasteiger charge is -2.35. The van der Waals surface area contributed by atoms with E-state index in [4.69, 9.17) is 4.74 Å². The van der Waals surface area contributed by atoms with Gasteiger partial charge in [0.25, 0.3) is 0 Å². The molecule has 2 atom stereocenters. The van der Waals surface area contributed by atoms with E-state index in [0.717, 1.165) is 26.2 Å². The fraction of sp³-hybridized carbons (Fsp3) is 0.667. The molecule has 0 spiro atoms. The summed E-state index contributed by atoms with van der Waals surface area (Å²) >= 11 is 0. The van der Waals surface area contributed by atoms with Gasteiger partial charge in [0, 0.05) is 19.6 Å². The van der Waals surface area contributed by atoms with E-state index in [0.29, 0.717) is 12.2 Å². The molecule has 0 saturated carbocycles. The molecule has 1 saturated heterocycles. The summed E-state index contributed by atoms with van der Waals surface area (Å²) in [6.07, 6.45) is 3.27. The van der Waals surface area contributed by atoms with Crippen molar-refractivity contribution in [1.82, 2.24) is 10.2 Å². The van der Waals surface area contributed by atoms with Gasteiger partial charge in [0.05, 0.1) is 12.2 Å². The number of hydrogen-bond acceptors (Lipinski definition) is 3. The maximum Gasteiger partial charge on any atom is 0.0678 e. The molecule has 0 bridgehead atoms. The zero-order valence-corrected chi connectivity index (χ0v) is 13.8. The molecule has 1 aromatic carbocycles. The highest BCUT2D eigenvalue weighted by molar-refractivity contribution is 5.21. The van der Waals surface area contributed by atoms with Crippen molar-refractivity contribution in [3.8, 4) is 0 Å². The van der Waals surface area contributed by atoms with E-state index in [1.807, 2.05) is 0 Å². The normalized spacial score (nSPS) is 23.4. The molecule has 1 fully saturated rings. The first-order chi connectivity index (χ1) is 10.1. The van der Waals surface area contributed by atoms with Crippen LogP contribution in [0.1, 0.15) is 37.8 Å². The summed E-state index contributed by atoms with van der Waals surface area (Å²) in [5.41, 5.74) is 2.72. The van der Waals surface area contributed by atoms with E-state index in [1.165, 1.54) is 30.5 Å². The fourth-order valence-corrected chi connectivity index (χ4v) is 3.11. The minimum absolute atomic E-state index is 0.383. The van der Waals surface area contributed by atoms with Crippen LogP contribution in [0, 0.1) is 6.92 Å². The molecule has 0 aliphatic carbocycles. The topological polar surface area (TPSA) is 24.5 Å². The van der Waals surface area contributed by atoms with Crippen molar-refractivity contribution in [2.75, 3.05) is 26.2 Å². The highest BCUT2D eigenvalue weighted by atomic mass is 16.5. The van der Waals surface area contributed by atoms with Crippen molar-refractivity contribution in [1.29, 1.82) is 0 Å². The van der Waals surface area contributed by atoms with Crippen LogP contribution < -0.4 is 5.32 Å². The molecule has 1 heterocycles. The first-order valence-corrected chi connectivity index (χ1v) is 8.27. The number of aryl methyl sites for hydroxylation is 1. The van der Waals surface area contributed by atoms with Crippen LogP contribution >= 0.6 is 0 Å².